The molecule has 8 nitrogen and oxygen atoms in total. The summed E-state index contributed by atoms with van der Waals surface area (Å²) >= 11 is 0. The van der Waals surface area contributed by atoms with Crippen LogP contribution in [0.4, 0.5) is 4.79 Å². The molecule has 2 aliphatic heterocycles. The standard InChI is InChI=1S/C23H27N3O5/c1-4-23(15-8-6-5-7-9-15)21(28)26(22(29)24-23)14-25-12-16-18(30-2)10-11-19(31-3)20(16)17(27)13-25/h5-11,17,27H,4,12-14H2,1-3H3,(H,24,29). The molecule has 2 atom stereocenters. The number of hydrogen-bond acceptors (Lipinski definition) is 6. The van der Waals surface area contributed by atoms with Gasteiger partial charge in [-0.2, -0.15) is 0 Å². The van der Waals surface area contributed by atoms with Gasteiger partial charge in [0, 0.05) is 24.2 Å². The molecule has 2 N–H and O–H groups in total. The SMILES string of the molecule is CCC1(c2ccccc2)NC(=O)N(CN2Cc3c(OC)ccc(OC)c3C(O)C2)C1=O. The van der Waals surface area contributed by atoms with E-state index in [1.807, 2.05) is 42.2 Å². The molecule has 8 heteroatoms. The third kappa shape index (κ3) is 3.41. The van der Waals surface area contributed by atoms with Crippen LogP contribution in [0.5, 0.6) is 11.5 Å². The first-order chi connectivity index (χ1) is 14.9. The highest BCUT2D eigenvalue weighted by Gasteiger charge is 2.51. The number of imide groups is 1. The van der Waals surface area contributed by atoms with E-state index < -0.39 is 17.7 Å². The quantitative estimate of drug-likeness (QED) is 0.691. The summed E-state index contributed by atoms with van der Waals surface area (Å²) in [5.74, 6) is 0.931. The van der Waals surface area contributed by atoms with Crippen LogP contribution in [0.15, 0.2) is 42.5 Å². The molecule has 0 radical (unpaired) electrons. The van der Waals surface area contributed by atoms with Gasteiger partial charge >= 0.3 is 6.03 Å². The summed E-state index contributed by atoms with van der Waals surface area (Å²) in [7, 11) is 3.13. The van der Waals surface area contributed by atoms with Gasteiger partial charge in [-0.25, -0.2) is 9.69 Å². The van der Waals surface area contributed by atoms with Crippen LogP contribution in [0.25, 0.3) is 0 Å². The Morgan fingerprint density at radius 3 is 2.42 bits per heavy atom. The van der Waals surface area contributed by atoms with Crippen LogP contribution >= 0.6 is 0 Å². The maximum atomic E-state index is 13.4. The number of amides is 3. The molecule has 1 saturated heterocycles. The van der Waals surface area contributed by atoms with Crippen molar-refractivity contribution in [1.82, 2.24) is 15.1 Å². The lowest BCUT2D eigenvalue weighted by Crippen LogP contribution is -2.46. The lowest BCUT2D eigenvalue weighted by Gasteiger charge is -2.35. The molecule has 4 rings (SSSR count). The second kappa shape index (κ2) is 8.20. The van der Waals surface area contributed by atoms with Crippen molar-refractivity contribution in [1.29, 1.82) is 0 Å². The largest absolute Gasteiger partial charge is 0.496 e. The number of urea groups is 1. The Bertz CT molecular complexity index is 996. The number of aliphatic hydroxyl groups is 1. The highest BCUT2D eigenvalue weighted by molar-refractivity contribution is 6.07. The Morgan fingerprint density at radius 2 is 1.77 bits per heavy atom. The average molecular weight is 425 g/mol. The Morgan fingerprint density at radius 1 is 1.10 bits per heavy atom. The van der Waals surface area contributed by atoms with Crippen LogP contribution in [-0.2, 0) is 16.9 Å². The number of carbonyl (C=O) groups is 2. The van der Waals surface area contributed by atoms with Crippen molar-refractivity contribution in [3.8, 4) is 11.5 Å². The Labute approximate surface area is 181 Å². The zero-order valence-electron chi connectivity index (χ0n) is 17.9. The second-order valence-corrected chi connectivity index (χ2v) is 7.82. The number of carbonyl (C=O) groups excluding carboxylic acids is 2. The van der Waals surface area contributed by atoms with Gasteiger partial charge in [0.1, 0.15) is 17.0 Å². The van der Waals surface area contributed by atoms with E-state index in [0.29, 0.717) is 30.0 Å². The molecule has 0 spiro atoms. The first-order valence-corrected chi connectivity index (χ1v) is 10.3. The van der Waals surface area contributed by atoms with Crippen molar-refractivity contribution in [3.05, 3.63) is 59.2 Å². The predicted octanol–water partition coefficient (Wildman–Crippen LogP) is 2.37. The van der Waals surface area contributed by atoms with Crippen LogP contribution in [0, 0.1) is 0 Å². The Balaban J connectivity index is 1.61. The van der Waals surface area contributed by atoms with E-state index in [-0.39, 0.29) is 19.1 Å². The smallest absolute Gasteiger partial charge is 0.326 e. The fourth-order valence-electron chi connectivity index (χ4n) is 4.57. The lowest BCUT2D eigenvalue weighted by atomic mass is 9.87. The Hall–Kier alpha value is -3.10. The van der Waals surface area contributed by atoms with E-state index >= 15 is 0 Å². The number of hydrogen-bond donors (Lipinski definition) is 2. The monoisotopic (exact) mass is 425 g/mol. The van der Waals surface area contributed by atoms with Crippen LogP contribution < -0.4 is 14.8 Å². The van der Waals surface area contributed by atoms with Gasteiger partial charge in [-0.3, -0.25) is 9.69 Å². The summed E-state index contributed by atoms with van der Waals surface area (Å²) in [4.78, 5) is 29.3. The molecule has 2 aromatic carbocycles. The molecular formula is C23H27N3O5. The number of rotatable bonds is 6. The van der Waals surface area contributed by atoms with E-state index in [1.54, 1.807) is 26.4 Å². The van der Waals surface area contributed by atoms with Gasteiger partial charge in [0.25, 0.3) is 5.91 Å². The summed E-state index contributed by atoms with van der Waals surface area (Å²) < 4.78 is 10.9. The van der Waals surface area contributed by atoms with E-state index in [2.05, 4.69) is 5.32 Å². The molecule has 2 heterocycles. The van der Waals surface area contributed by atoms with Gasteiger partial charge in [-0.05, 0) is 24.1 Å². The van der Waals surface area contributed by atoms with Crippen molar-refractivity contribution in [2.45, 2.75) is 31.5 Å². The normalized spacial score (nSPS) is 23.5. The van der Waals surface area contributed by atoms with Gasteiger partial charge in [0.2, 0.25) is 0 Å². The Kier molecular flexibility index (Phi) is 5.60. The van der Waals surface area contributed by atoms with Gasteiger partial charge in [-0.15, -0.1) is 0 Å². The molecule has 0 aliphatic carbocycles. The molecular weight excluding hydrogens is 398 g/mol. The zero-order chi connectivity index (χ0) is 22.2. The zero-order valence-corrected chi connectivity index (χ0v) is 17.9. The van der Waals surface area contributed by atoms with E-state index in [0.717, 1.165) is 11.1 Å². The number of fused-ring (bicyclic) bond motifs is 1. The lowest BCUT2D eigenvalue weighted by molar-refractivity contribution is -0.133. The van der Waals surface area contributed by atoms with Crippen molar-refractivity contribution < 1.29 is 24.2 Å². The molecule has 3 amide bonds. The maximum absolute atomic E-state index is 13.4. The molecule has 2 unspecified atom stereocenters. The minimum absolute atomic E-state index is 0.0656. The molecule has 164 valence electrons. The van der Waals surface area contributed by atoms with Crippen molar-refractivity contribution >= 4 is 11.9 Å². The van der Waals surface area contributed by atoms with E-state index in [9.17, 15) is 14.7 Å². The van der Waals surface area contributed by atoms with Crippen LogP contribution in [0.1, 0.15) is 36.1 Å². The number of β-amino-alcohol motifs (C(OH)–C–C–N with tert-alkyl or cyclic N) is 1. The van der Waals surface area contributed by atoms with Gasteiger partial charge in [0.15, 0.2) is 0 Å². The van der Waals surface area contributed by atoms with E-state index in [1.165, 1.54) is 4.90 Å². The first-order valence-electron chi connectivity index (χ1n) is 10.3. The summed E-state index contributed by atoms with van der Waals surface area (Å²) in [5.41, 5.74) is 1.15. The van der Waals surface area contributed by atoms with Crippen LogP contribution in [0.3, 0.4) is 0 Å². The van der Waals surface area contributed by atoms with Crippen molar-refractivity contribution in [2.75, 3.05) is 27.4 Å². The molecule has 0 aromatic heterocycles. The third-order valence-corrected chi connectivity index (χ3v) is 6.17. The van der Waals surface area contributed by atoms with Crippen molar-refractivity contribution in [3.63, 3.8) is 0 Å². The summed E-state index contributed by atoms with van der Waals surface area (Å²) in [6.45, 7) is 2.62. The minimum atomic E-state index is -1.08. The molecule has 2 aliphatic rings. The highest BCUT2D eigenvalue weighted by atomic mass is 16.5. The molecule has 0 bridgehead atoms. The molecule has 2 aromatic rings. The topological polar surface area (TPSA) is 91.3 Å². The first kappa shape index (κ1) is 21.1. The molecule has 31 heavy (non-hydrogen) atoms. The number of benzene rings is 2. The molecule has 0 saturated carbocycles. The van der Waals surface area contributed by atoms with Crippen molar-refractivity contribution in [2.24, 2.45) is 0 Å². The number of methoxy groups -OCH3 is 2. The van der Waals surface area contributed by atoms with Crippen LogP contribution in [0.2, 0.25) is 0 Å². The van der Waals surface area contributed by atoms with Crippen LogP contribution in [-0.4, -0.2) is 54.3 Å². The fraction of sp³-hybridized carbons (Fsp3) is 0.391. The number of nitrogens with zero attached hydrogens (tertiary/aromatic N) is 2. The molecule has 1 fully saturated rings. The minimum Gasteiger partial charge on any atom is -0.496 e. The summed E-state index contributed by atoms with van der Waals surface area (Å²) in [6, 6.07) is 12.4. The number of aliphatic hydroxyl groups excluding tert-OH is 1. The fourth-order valence-corrected chi connectivity index (χ4v) is 4.57. The second-order valence-electron chi connectivity index (χ2n) is 7.82. The summed E-state index contributed by atoms with van der Waals surface area (Å²) in [5, 5.41) is 13.7. The predicted molar refractivity (Wildman–Crippen MR) is 114 cm³/mol. The average Bonchev–Trinajstić information content (AvgIpc) is 3.04. The summed E-state index contributed by atoms with van der Waals surface area (Å²) in [6.07, 6.45) is -0.395. The van der Waals surface area contributed by atoms with E-state index in [4.69, 9.17) is 9.47 Å². The number of nitrogens with one attached hydrogen (secondary N) is 1. The maximum Gasteiger partial charge on any atom is 0.326 e. The number of ether oxygens (including phenoxy) is 2. The van der Waals surface area contributed by atoms with Gasteiger partial charge in [-0.1, -0.05) is 37.3 Å². The van der Waals surface area contributed by atoms with Gasteiger partial charge < -0.3 is 19.9 Å². The highest BCUT2D eigenvalue weighted by Crippen LogP contribution is 2.40. The third-order valence-electron chi connectivity index (χ3n) is 6.17. The van der Waals surface area contributed by atoms with Gasteiger partial charge in [0.05, 0.1) is 27.0 Å².